The Bertz CT molecular complexity index is 1630. The SMILES string of the molecule is Cc1ccc(-n2c(SCC(=O)Nc3ccccc3-c3ccccc3)nc3ccccc3c2=O)cc1C. The predicted octanol–water partition coefficient (Wildman–Crippen LogP) is 6.40. The number of thioether (sulfide) groups is 1. The summed E-state index contributed by atoms with van der Waals surface area (Å²) in [7, 11) is 0. The van der Waals surface area contributed by atoms with Gasteiger partial charge >= 0.3 is 0 Å². The van der Waals surface area contributed by atoms with Gasteiger partial charge in [-0.05, 0) is 60.9 Å². The number of hydrogen-bond acceptors (Lipinski definition) is 4. The van der Waals surface area contributed by atoms with Gasteiger partial charge in [-0.2, -0.15) is 0 Å². The van der Waals surface area contributed by atoms with Crippen LogP contribution in [0.2, 0.25) is 0 Å². The summed E-state index contributed by atoms with van der Waals surface area (Å²) in [5, 5.41) is 4.05. The standard InChI is InChI=1S/C30H25N3O2S/c1-20-16-17-23(18-21(20)2)33-29(35)25-13-7-9-15-27(25)32-30(33)36-19-28(34)31-26-14-8-6-12-24(26)22-10-4-3-5-11-22/h3-18H,19H2,1-2H3,(H,31,34). The smallest absolute Gasteiger partial charge is 0.266 e. The molecule has 0 aliphatic rings. The van der Waals surface area contributed by atoms with Crippen molar-refractivity contribution in [3.63, 3.8) is 0 Å². The molecule has 4 aromatic carbocycles. The Balaban J connectivity index is 1.46. The van der Waals surface area contributed by atoms with Crippen molar-refractivity contribution in [2.45, 2.75) is 19.0 Å². The van der Waals surface area contributed by atoms with Crippen molar-refractivity contribution < 1.29 is 4.79 Å². The van der Waals surface area contributed by atoms with Crippen molar-refractivity contribution in [2.24, 2.45) is 0 Å². The van der Waals surface area contributed by atoms with Crippen LogP contribution in [0.4, 0.5) is 5.69 Å². The molecule has 5 aromatic rings. The maximum absolute atomic E-state index is 13.5. The molecule has 0 aliphatic carbocycles. The van der Waals surface area contributed by atoms with Gasteiger partial charge in [0.05, 0.1) is 22.3 Å². The molecule has 0 radical (unpaired) electrons. The van der Waals surface area contributed by atoms with Crippen LogP contribution in [0.1, 0.15) is 11.1 Å². The van der Waals surface area contributed by atoms with E-state index in [-0.39, 0.29) is 17.2 Å². The number of carbonyl (C=O) groups excluding carboxylic acids is 1. The predicted molar refractivity (Wildman–Crippen MR) is 148 cm³/mol. The molecule has 178 valence electrons. The Morgan fingerprint density at radius 2 is 1.58 bits per heavy atom. The van der Waals surface area contributed by atoms with E-state index in [0.717, 1.165) is 33.6 Å². The van der Waals surface area contributed by atoms with Crippen molar-refractivity contribution in [3.8, 4) is 16.8 Å². The molecule has 0 bridgehead atoms. The van der Waals surface area contributed by atoms with Crippen LogP contribution in [0.15, 0.2) is 107 Å². The van der Waals surface area contributed by atoms with Crippen LogP contribution in [0.25, 0.3) is 27.7 Å². The number of aryl methyl sites for hydroxylation is 2. The summed E-state index contributed by atoms with van der Waals surface area (Å²) in [5.74, 6) is -0.0592. The lowest BCUT2D eigenvalue weighted by atomic mass is 10.0. The third kappa shape index (κ3) is 4.81. The summed E-state index contributed by atoms with van der Waals surface area (Å²) in [6, 6.07) is 30.9. The Labute approximate surface area is 213 Å². The van der Waals surface area contributed by atoms with Crippen LogP contribution in [0, 0.1) is 13.8 Å². The third-order valence-corrected chi connectivity index (χ3v) is 7.05. The normalized spacial score (nSPS) is 10.9. The zero-order chi connectivity index (χ0) is 25.1. The third-order valence-electron chi connectivity index (χ3n) is 6.11. The van der Waals surface area contributed by atoms with Gasteiger partial charge in [0.25, 0.3) is 5.56 Å². The van der Waals surface area contributed by atoms with Crippen LogP contribution in [0.3, 0.4) is 0 Å². The van der Waals surface area contributed by atoms with Crippen LogP contribution < -0.4 is 10.9 Å². The number of nitrogens with zero attached hydrogens (tertiary/aromatic N) is 2. The van der Waals surface area contributed by atoms with Gasteiger partial charge in [0.1, 0.15) is 0 Å². The van der Waals surface area contributed by atoms with E-state index in [0.29, 0.717) is 16.1 Å². The fourth-order valence-corrected chi connectivity index (χ4v) is 4.89. The second-order valence-electron chi connectivity index (χ2n) is 8.57. The second kappa shape index (κ2) is 10.2. The highest BCUT2D eigenvalue weighted by atomic mass is 32.2. The van der Waals surface area contributed by atoms with Crippen LogP contribution in [-0.2, 0) is 4.79 Å². The molecule has 1 N–H and O–H groups in total. The average Bonchev–Trinajstić information content (AvgIpc) is 2.90. The first-order chi connectivity index (χ1) is 17.5. The molecule has 0 spiro atoms. The van der Waals surface area contributed by atoms with Crippen molar-refractivity contribution >= 4 is 34.3 Å². The lowest BCUT2D eigenvalue weighted by Crippen LogP contribution is -2.23. The molecule has 0 saturated heterocycles. The second-order valence-corrected chi connectivity index (χ2v) is 9.51. The molecule has 1 amide bonds. The fraction of sp³-hybridized carbons (Fsp3) is 0.100. The molecule has 0 atom stereocenters. The van der Waals surface area contributed by atoms with Gasteiger partial charge in [-0.15, -0.1) is 0 Å². The quantitative estimate of drug-likeness (QED) is 0.220. The number of amides is 1. The van der Waals surface area contributed by atoms with Crippen LogP contribution in [-0.4, -0.2) is 21.2 Å². The number of rotatable bonds is 6. The summed E-state index contributed by atoms with van der Waals surface area (Å²) in [4.78, 5) is 31.3. The van der Waals surface area contributed by atoms with E-state index in [9.17, 15) is 9.59 Å². The summed E-state index contributed by atoms with van der Waals surface area (Å²) in [6.07, 6.45) is 0. The highest BCUT2D eigenvalue weighted by molar-refractivity contribution is 7.99. The minimum absolute atomic E-state index is 0.110. The average molecular weight is 492 g/mol. The zero-order valence-electron chi connectivity index (χ0n) is 20.1. The van der Waals surface area contributed by atoms with E-state index in [1.165, 1.54) is 11.8 Å². The molecule has 0 fully saturated rings. The van der Waals surface area contributed by atoms with Gasteiger partial charge in [0.15, 0.2) is 5.16 Å². The van der Waals surface area contributed by atoms with Gasteiger partial charge in [0, 0.05) is 11.3 Å². The molecule has 1 heterocycles. The van der Waals surface area contributed by atoms with E-state index in [1.54, 1.807) is 10.6 Å². The van der Waals surface area contributed by atoms with E-state index in [4.69, 9.17) is 4.98 Å². The Morgan fingerprint density at radius 3 is 2.39 bits per heavy atom. The molecule has 1 aromatic heterocycles. The maximum Gasteiger partial charge on any atom is 0.266 e. The molecule has 0 saturated carbocycles. The zero-order valence-corrected chi connectivity index (χ0v) is 20.9. The van der Waals surface area contributed by atoms with Gasteiger partial charge in [-0.1, -0.05) is 78.5 Å². The van der Waals surface area contributed by atoms with Gasteiger partial charge in [-0.3, -0.25) is 14.2 Å². The highest BCUT2D eigenvalue weighted by Crippen LogP contribution is 2.28. The van der Waals surface area contributed by atoms with E-state index < -0.39 is 0 Å². The van der Waals surface area contributed by atoms with Gasteiger partial charge in [-0.25, -0.2) is 4.98 Å². The van der Waals surface area contributed by atoms with Crippen molar-refractivity contribution in [1.29, 1.82) is 0 Å². The number of anilines is 1. The molecule has 36 heavy (non-hydrogen) atoms. The summed E-state index contributed by atoms with van der Waals surface area (Å²) in [5.41, 5.74) is 6.14. The van der Waals surface area contributed by atoms with Crippen molar-refractivity contribution in [2.75, 3.05) is 11.1 Å². The number of hydrogen-bond donors (Lipinski definition) is 1. The topological polar surface area (TPSA) is 64.0 Å². The lowest BCUT2D eigenvalue weighted by Gasteiger charge is -2.15. The van der Waals surface area contributed by atoms with E-state index >= 15 is 0 Å². The van der Waals surface area contributed by atoms with Gasteiger partial charge in [0.2, 0.25) is 5.91 Å². The first-order valence-electron chi connectivity index (χ1n) is 11.7. The largest absolute Gasteiger partial charge is 0.325 e. The number of aromatic nitrogens is 2. The number of benzene rings is 4. The summed E-state index contributed by atoms with van der Waals surface area (Å²) < 4.78 is 1.60. The molecule has 0 aliphatic heterocycles. The summed E-state index contributed by atoms with van der Waals surface area (Å²) >= 11 is 1.25. The number of carbonyl (C=O) groups is 1. The lowest BCUT2D eigenvalue weighted by molar-refractivity contribution is -0.113. The highest BCUT2D eigenvalue weighted by Gasteiger charge is 2.16. The molecule has 0 unspecified atom stereocenters. The maximum atomic E-state index is 13.5. The first kappa shape index (κ1) is 23.6. The number of fused-ring (bicyclic) bond motifs is 1. The Hall–Kier alpha value is -4.16. The minimum Gasteiger partial charge on any atom is -0.325 e. The summed E-state index contributed by atoms with van der Waals surface area (Å²) in [6.45, 7) is 4.05. The van der Waals surface area contributed by atoms with Crippen molar-refractivity contribution in [3.05, 3.63) is 119 Å². The van der Waals surface area contributed by atoms with E-state index in [1.807, 2.05) is 105 Å². The van der Waals surface area contributed by atoms with Crippen LogP contribution >= 0.6 is 11.8 Å². The molecule has 6 heteroatoms. The van der Waals surface area contributed by atoms with Gasteiger partial charge < -0.3 is 5.32 Å². The molecular formula is C30H25N3O2S. The minimum atomic E-state index is -0.169. The molecular weight excluding hydrogens is 466 g/mol. The van der Waals surface area contributed by atoms with Crippen molar-refractivity contribution in [1.82, 2.24) is 9.55 Å². The van der Waals surface area contributed by atoms with Crippen LogP contribution in [0.5, 0.6) is 0 Å². The Morgan fingerprint density at radius 1 is 0.861 bits per heavy atom. The molecule has 5 rings (SSSR count). The Kier molecular flexibility index (Phi) is 6.69. The molecule has 5 nitrogen and oxygen atoms in total. The number of nitrogens with one attached hydrogen (secondary N) is 1. The first-order valence-corrected chi connectivity index (χ1v) is 12.7. The van der Waals surface area contributed by atoms with E-state index in [2.05, 4.69) is 5.32 Å². The monoisotopic (exact) mass is 491 g/mol. The fourth-order valence-electron chi connectivity index (χ4n) is 4.08. The number of para-hydroxylation sites is 2.